The van der Waals surface area contributed by atoms with Crippen LogP contribution in [0, 0.1) is 11.8 Å². The predicted molar refractivity (Wildman–Crippen MR) is 104 cm³/mol. The molecule has 0 fully saturated rings. The number of guanidine groups is 1. The van der Waals surface area contributed by atoms with E-state index in [1.165, 1.54) is 0 Å². The lowest BCUT2D eigenvalue weighted by atomic mass is 10.00. The lowest BCUT2D eigenvalue weighted by Gasteiger charge is -2.25. The molecule has 9 N–H and O–H groups in total. The fraction of sp³-hybridized carbons (Fsp3) is 0.765. The Morgan fingerprint density at radius 3 is 2.07 bits per heavy atom. The first kappa shape index (κ1) is 24.6. The van der Waals surface area contributed by atoms with Gasteiger partial charge in [-0.3, -0.25) is 14.6 Å². The minimum Gasteiger partial charge on any atom is -0.480 e. The number of hydrogen-bond acceptors (Lipinski definition) is 5. The Balaban J connectivity index is 4.88. The summed E-state index contributed by atoms with van der Waals surface area (Å²) in [5, 5.41) is 14.4. The van der Waals surface area contributed by atoms with Crippen molar-refractivity contribution in [1.82, 2.24) is 10.6 Å². The number of rotatable bonds is 12. The summed E-state index contributed by atoms with van der Waals surface area (Å²) in [6, 6.07) is -2.71. The van der Waals surface area contributed by atoms with Crippen LogP contribution in [0.2, 0.25) is 0 Å². The van der Waals surface area contributed by atoms with Gasteiger partial charge in [0, 0.05) is 6.54 Å². The molecule has 0 aromatic heterocycles. The van der Waals surface area contributed by atoms with Gasteiger partial charge in [-0.1, -0.05) is 27.7 Å². The molecule has 0 bridgehead atoms. The fourth-order valence-corrected chi connectivity index (χ4v) is 2.40. The molecule has 10 nitrogen and oxygen atoms in total. The largest absolute Gasteiger partial charge is 0.480 e. The zero-order valence-electron chi connectivity index (χ0n) is 16.6. The maximum Gasteiger partial charge on any atom is 0.326 e. The van der Waals surface area contributed by atoms with Crippen LogP contribution in [-0.4, -0.2) is 53.5 Å². The van der Waals surface area contributed by atoms with Gasteiger partial charge in [0.1, 0.15) is 12.1 Å². The Labute approximate surface area is 160 Å². The smallest absolute Gasteiger partial charge is 0.326 e. The molecule has 2 amide bonds. The van der Waals surface area contributed by atoms with E-state index in [-0.39, 0.29) is 17.8 Å². The van der Waals surface area contributed by atoms with Crippen molar-refractivity contribution in [3.05, 3.63) is 0 Å². The number of carboxylic acid groups (broad SMARTS) is 1. The normalized spacial score (nSPS) is 14.3. The van der Waals surface area contributed by atoms with Gasteiger partial charge >= 0.3 is 5.97 Å². The van der Waals surface area contributed by atoms with E-state index in [4.69, 9.17) is 17.2 Å². The monoisotopic (exact) mass is 386 g/mol. The number of nitrogens with two attached hydrogens (primary N) is 3. The number of aliphatic carboxylic acids is 1. The second kappa shape index (κ2) is 12.1. The molecule has 0 radical (unpaired) electrons. The molecule has 0 aliphatic carbocycles. The summed E-state index contributed by atoms with van der Waals surface area (Å²) in [5.74, 6) is -2.34. The van der Waals surface area contributed by atoms with E-state index in [9.17, 15) is 19.5 Å². The van der Waals surface area contributed by atoms with Crippen LogP contribution in [-0.2, 0) is 14.4 Å². The lowest BCUT2D eigenvalue weighted by molar-refractivity contribution is -0.143. The van der Waals surface area contributed by atoms with Crippen LogP contribution in [0.4, 0.5) is 0 Å². The SMILES string of the molecule is CC(C)CC(NC(=O)C(N)CCCN=C(N)N)C(=O)NC(C(=O)O)C(C)C. The molecule has 0 heterocycles. The zero-order chi connectivity index (χ0) is 21.1. The summed E-state index contributed by atoms with van der Waals surface area (Å²) in [6.45, 7) is 7.55. The van der Waals surface area contributed by atoms with Crippen LogP contribution in [0.25, 0.3) is 0 Å². The second-order valence-corrected chi connectivity index (χ2v) is 7.31. The highest BCUT2D eigenvalue weighted by atomic mass is 16.4. The summed E-state index contributed by atoms with van der Waals surface area (Å²) in [4.78, 5) is 39.9. The molecule has 3 atom stereocenters. The molecule has 156 valence electrons. The van der Waals surface area contributed by atoms with Gasteiger partial charge in [0.25, 0.3) is 0 Å². The lowest BCUT2D eigenvalue weighted by Crippen LogP contribution is -2.55. The highest BCUT2D eigenvalue weighted by Gasteiger charge is 2.29. The molecule has 0 aliphatic heterocycles. The van der Waals surface area contributed by atoms with Crippen LogP contribution in [0.5, 0.6) is 0 Å². The maximum atomic E-state index is 12.5. The van der Waals surface area contributed by atoms with Crippen LogP contribution in [0.3, 0.4) is 0 Å². The molecular weight excluding hydrogens is 352 g/mol. The van der Waals surface area contributed by atoms with Gasteiger partial charge in [-0.15, -0.1) is 0 Å². The van der Waals surface area contributed by atoms with Gasteiger partial charge in [0.2, 0.25) is 11.8 Å². The van der Waals surface area contributed by atoms with Crippen molar-refractivity contribution < 1.29 is 19.5 Å². The summed E-state index contributed by atoms with van der Waals surface area (Å²) in [7, 11) is 0. The number of carbonyl (C=O) groups excluding carboxylic acids is 2. The third-order valence-electron chi connectivity index (χ3n) is 3.87. The highest BCUT2D eigenvalue weighted by molar-refractivity contribution is 5.91. The minimum atomic E-state index is -1.12. The first-order valence-electron chi connectivity index (χ1n) is 9.10. The number of hydrogen-bond donors (Lipinski definition) is 6. The van der Waals surface area contributed by atoms with Crippen LogP contribution in [0.15, 0.2) is 4.99 Å². The van der Waals surface area contributed by atoms with E-state index in [1.807, 2.05) is 13.8 Å². The van der Waals surface area contributed by atoms with Crippen molar-refractivity contribution in [2.45, 2.75) is 65.1 Å². The second-order valence-electron chi connectivity index (χ2n) is 7.31. The van der Waals surface area contributed by atoms with Gasteiger partial charge in [-0.25, -0.2) is 4.79 Å². The predicted octanol–water partition coefficient (Wildman–Crippen LogP) is -0.876. The van der Waals surface area contributed by atoms with Crippen molar-refractivity contribution >= 4 is 23.7 Å². The third kappa shape index (κ3) is 10.4. The fourth-order valence-electron chi connectivity index (χ4n) is 2.40. The first-order chi connectivity index (χ1) is 12.5. The number of nitrogens with zero attached hydrogens (tertiary/aromatic N) is 1. The molecular formula is C17H34N6O4. The first-order valence-corrected chi connectivity index (χ1v) is 9.10. The minimum absolute atomic E-state index is 0.0279. The molecule has 0 aromatic rings. The van der Waals surface area contributed by atoms with E-state index in [0.717, 1.165) is 0 Å². The van der Waals surface area contributed by atoms with Crippen molar-refractivity contribution in [3.63, 3.8) is 0 Å². The van der Waals surface area contributed by atoms with E-state index in [0.29, 0.717) is 25.8 Å². The Hall–Kier alpha value is -2.36. The standard InChI is InChI=1S/C17H34N6O4/c1-9(2)8-12(15(25)23-13(10(3)4)16(26)27)22-14(24)11(18)6-5-7-21-17(19)20/h9-13H,5-8,18H2,1-4H3,(H,22,24)(H,23,25)(H,26,27)(H4,19,20,21). The van der Waals surface area contributed by atoms with Gasteiger partial charge in [0.05, 0.1) is 6.04 Å². The molecule has 3 unspecified atom stereocenters. The topological polar surface area (TPSA) is 186 Å². The van der Waals surface area contributed by atoms with E-state index < -0.39 is 35.9 Å². The summed E-state index contributed by atoms with van der Waals surface area (Å²) < 4.78 is 0. The van der Waals surface area contributed by atoms with Crippen molar-refractivity contribution in [3.8, 4) is 0 Å². The Morgan fingerprint density at radius 1 is 1.04 bits per heavy atom. The summed E-state index contributed by atoms with van der Waals surface area (Å²) in [5.41, 5.74) is 16.3. The van der Waals surface area contributed by atoms with Gasteiger partial charge < -0.3 is 32.9 Å². The molecule has 0 saturated heterocycles. The average Bonchev–Trinajstić information content (AvgIpc) is 2.54. The van der Waals surface area contributed by atoms with E-state index in [2.05, 4.69) is 15.6 Å². The van der Waals surface area contributed by atoms with E-state index in [1.54, 1.807) is 13.8 Å². The number of aliphatic imine (C=N–C) groups is 1. The van der Waals surface area contributed by atoms with Gasteiger partial charge in [0.15, 0.2) is 5.96 Å². The molecule has 0 saturated carbocycles. The molecule has 27 heavy (non-hydrogen) atoms. The number of carboxylic acids is 1. The number of nitrogens with one attached hydrogen (secondary N) is 2. The van der Waals surface area contributed by atoms with Crippen molar-refractivity contribution in [2.24, 2.45) is 34.0 Å². The molecule has 0 rings (SSSR count). The Kier molecular flexibility index (Phi) is 11.0. The summed E-state index contributed by atoms with van der Waals surface area (Å²) >= 11 is 0. The molecule has 0 aromatic carbocycles. The van der Waals surface area contributed by atoms with Crippen LogP contribution >= 0.6 is 0 Å². The maximum absolute atomic E-state index is 12.5. The number of carbonyl (C=O) groups is 3. The van der Waals surface area contributed by atoms with E-state index >= 15 is 0 Å². The highest BCUT2D eigenvalue weighted by Crippen LogP contribution is 2.08. The number of amides is 2. The molecule has 0 spiro atoms. The van der Waals surface area contributed by atoms with Gasteiger partial charge in [-0.2, -0.15) is 0 Å². The summed E-state index contributed by atoms with van der Waals surface area (Å²) in [6.07, 6.45) is 1.23. The zero-order valence-corrected chi connectivity index (χ0v) is 16.6. The third-order valence-corrected chi connectivity index (χ3v) is 3.87. The van der Waals surface area contributed by atoms with Crippen molar-refractivity contribution in [2.75, 3.05) is 6.54 Å². The Morgan fingerprint density at radius 2 is 1.63 bits per heavy atom. The average molecular weight is 386 g/mol. The van der Waals surface area contributed by atoms with Crippen LogP contribution < -0.4 is 27.8 Å². The van der Waals surface area contributed by atoms with Gasteiger partial charge in [-0.05, 0) is 31.1 Å². The Bertz CT molecular complexity index is 532. The van der Waals surface area contributed by atoms with Crippen LogP contribution in [0.1, 0.15) is 47.0 Å². The molecule has 0 aliphatic rings. The molecule has 10 heteroatoms. The van der Waals surface area contributed by atoms with Crippen molar-refractivity contribution in [1.29, 1.82) is 0 Å². The quantitative estimate of drug-likeness (QED) is 0.143.